The Bertz CT molecular complexity index is 554. The van der Waals surface area contributed by atoms with E-state index in [2.05, 4.69) is 44.9 Å². The number of aryl methyl sites for hydroxylation is 1. The van der Waals surface area contributed by atoms with Crippen molar-refractivity contribution in [3.63, 3.8) is 0 Å². The Morgan fingerprint density at radius 1 is 1.33 bits per heavy atom. The minimum absolute atomic E-state index is 0.470. The first-order valence-electron chi connectivity index (χ1n) is 5.77. The number of benzene rings is 1. The zero-order valence-electron chi connectivity index (χ0n) is 10.5. The van der Waals surface area contributed by atoms with Gasteiger partial charge in [-0.3, -0.25) is 0 Å². The molecule has 1 aromatic carbocycles. The van der Waals surface area contributed by atoms with Crippen LogP contribution in [0, 0.1) is 6.92 Å². The molecule has 0 saturated carbocycles. The number of halogens is 1. The summed E-state index contributed by atoms with van der Waals surface area (Å²) < 4.78 is 0.949. The Morgan fingerprint density at radius 2 is 2.06 bits per heavy atom. The minimum atomic E-state index is 0.470. The molecule has 0 aliphatic heterocycles. The van der Waals surface area contributed by atoms with Gasteiger partial charge in [-0.2, -0.15) is 0 Å². The molecule has 0 radical (unpaired) electrons. The third-order valence-corrected chi connectivity index (χ3v) is 3.36. The van der Waals surface area contributed by atoms with Gasteiger partial charge in [0, 0.05) is 35.5 Å². The normalized spacial score (nSPS) is 10.4. The lowest BCUT2D eigenvalue weighted by Gasteiger charge is -2.22. The first kappa shape index (κ1) is 13.1. The molecule has 3 nitrogen and oxygen atoms in total. The van der Waals surface area contributed by atoms with Gasteiger partial charge in [0.2, 0.25) is 0 Å². The van der Waals surface area contributed by atoms with Gasteiger partial charge in [-0.25, -0.2) is 4.98 Å². The maximum atomic E-state index is 5.79. The molecule has 0 aliphatic carbocycles. The van der Waals surface area contributed by atoms with Gasteiger partial charge in [-0.15, -0.1) is 0 Å². The molecule has 2 rings (SSSR count). The third-order valence-electron chi connectivity index (χ3n) is 2.92. The van der Waals surface area contributed by atoms with E-state index >= 15 is 0 Å². The summed E-state index contributed by atoms with van der Waals surface area (Å²) in [5, 5.41) is 0. The highest BCUT2D eigenvalue weighted by molar-refractivity contribution is 9.10. The maximum Gasteiger partial charge on any atom is 0.137 e. The average molecular weight is 306 g/mol. The Hall–Kier alpha value is -1.39. The summed E-state index contributed by atoms with van der Waals surface area (Å²) in [6.07, 6.45) is 1.79. The summed E-state index contributed by atoms with van der Waals surface area (Å²) in [7, 11) is 2.01. The summed E-state index contributed by atoms with van der Waals surface area (Å²) in [5.74, 6) is 0.898. The van der Waals surface area contributed by atoms with Gasteiger partial charge >= 0.3 is 0 Å². The molecular weight excluding hydrogens is 290 g/mol. The summed E-state index contributed by atoms with van der Waals surface area (Å²) in [6.45, 7) is 2.56. The van der Waals surface area contributed by atoms with Crippen LogP contribution in [0.5, 0.6) is 0 Å². The molecule has 1 aromatic heterocycles. The first-order chi connectivity index (χ1) is 8.63. The molecule has 0 saturated heterocycles. The number of hydrogen-bond donors (Lipinski definition) is 1. The molecule has 0 bridgehead atoms. The predicted octanol–water partition coefficient (Wildman–Crippen LogP) is 3.38. The number of para-hydroxylation sites is 1. The number of hydrogen-bond acceptors (Lipinski definition) is 3. The second kappa shape index (κ2) is 5.50. The largest absolute Gasteiger partial charge is 0.329 e. The van der Waals surface area contributed by atoms with Crippen molar-refractivity contribution >= 4 is 27.4 Å². The Kier molecular flexibility index (Phi) is 3.99. The molecule has 0 spiro atoms. The molecule has 4 heteroatoms. The van der Waals surface area contributed by atoms with Gasteiger partial charge < -0.3 is 10.6 Å². The van der Waals surface area contributed by atoms with Crippen LogP contribution in [0.3, 0.4) is 0 Å². The van der Waals surface area contributed by atoms with Crippen LogP contribution in [-0.2, 0) is 6.54 Å². The van der Waals surface area contributed by atoms with E-state index in [0.717, 1.165) is 21.5 Å². The van der Waals surface area contributed by atoms with E-state index in [4.69, 9.17) is 5.73 Å². The van der Waals surface area contributed by atoms with Crippen molar-refractivity contribution < 1.29 is 0 Å². The molecule has 2 N–H and O–H groups in total. The first-order valence-corrected chi connectivity index (χ1v) is 6.56. The fourth-order valence-corrected chi connectivity index (χ4v) is 2.36. The van der Waals surface area contributed by atoms with Crippen molar-refractivity contribution in [1.82, 2.24) is 4.98 Å². The quantitative estimate of drug-likeness (QED) is 0.945. The lowest BCUT2D eigenvalue weighted by Crippen LogP contribution is -2.16. The van der Waals surface area contributed by atoms with Crippen molar-refractivity contribution in [2.75, 3.05) is 11.9 Å². The summed E-state index contributed by atoms with van der Waals surface area (Å²) in [6, 6.07) is 10.2. The van der Waals surface area contributed by atoms with Crippen LogP contribution in [0.1, 0.15) is 11.1 Å². The average Bonchev–Trinajstić information content (AvgIpc) is 2.38. The lowest BCUT2D eigenvalue weighted by molar-refractivity contribution is 1.00. The molecular formula is C14H16BrN3. The smallest absolute Gasteiger partial charge is 0.137 e. The minimum Gasteiger partial charge on any atom is -0.329 e. The van der Waals surface area contributed by atoms with E-state index in [1.165, 1.54) is 5.56 Å². The van der Waals surface area contributed by atoms with Crippen molar-refractivity contribution in [3.8, 4) is 0 Å². The summed E-state index contributed by atoms with van der Waals surface area (Å²) >= 11 is 3.42. The molecule has 0 atom stereocenters. The molecule has 0 amide bonds. The van der Waals surface area contributed by atoms with Crippen molar-refractivity contribution in [3.05, 3.63) is 52.1 Å². The standard InChI is InChI=1S/C14H16BrN3/c1-10-5-3-4-6-13(10)18(2)14-11(8-16)7-12(15)9-17-14/h3-7,9H,8,16H2,1-2H3. The van der Waals surface area contributed by atoms with Crippen LogP contribution >= 0.6 is 15.9 Å². The van der Waals surface area contributed by atoms with Gasteiger partial charge in [-0.05, 0) is 40.5 Å². The number of rotatable bonds is 3. The zero-order valence-corrected chi connectivity index (χ0v) is 12.1. The molecule has 2 aromatic rings. The Balaban J connectivity index is 2.46. The summed E-state index contributed by atoms with van der Waals surface area (Å²) in [5.41, 5.74) is 9.17. The number of aromatic nitrogens is 1. The molecule has 94 valence electrons. The van der Waals surface area contributed by atoms with E-state index in [1.807, 2.05) is 25.2 Å². The number of nitrogens with zero attached hydrogens (tertiary/aromatic N) is 2. The highest BCUT2D eigenvalue weighted by atomic mass is 79.9. The number of pyridine rings is 1. The Morgan fingerprint density at radius 3 is 2.72 bits per heavy atom. The molecule has 0 fully saturated rings. The highest BCUT2D eigenvalue weighted by Crippen LogP contribution is 2.28. The second-order valence-corrected chi connectivity index (χ2v) is 5.10. The van der Waals surface area contributed by atoms with E-state index in [-0.39, 0.29) is 0 Å². The topological polar surface area (TPSA) is 42.2 Å². The fraction of sp³-hybridized carbons (Fsp3) is 0.214. The van der Waals surface area contributed by atoms with E-state index < -0.39 is 0 Å². The van der Waals surface area contributed by atoms with Crippen molar-refractivity contribution in [1.29, 1.82) is 0 Å². The predicted molar refractivity (Wildman–Crippen MR) is 79.1 cm³/mol. The molecule has 18 heavy (non-hydrogen) atoms. The van der Waals surface area contributed by atoms with Gasteiger partial charge in [0.15, 0.2) is 0 Å². The zero-order chi connectivity index (χ0) is 13.1. The van der Waals surface area contributed by atoms with E-state index in [0.29, 0.717) is 6.54 Å². The van der Waals surface area contributed by atoms with Gasteiger partial charge in [0.25, 0.3) is 0 Å². The highest BCUT2D eigenvalue weighted by Gasteiger charge is 2.12. The number of nitrogens with two attached hydrogens (primary N) is 1. The van der Waals surface area contributed by atoms with Crippen molar-refractivity contribution in [2.24, 2.45) is 5.73 Å². The molecule has 0 unspecified atom stereocenters. The number of anilines is 2. The van der Waals surface area contributed by atoms with Crippen LogP contribution in [0.4, 0.5) is 11.5 Å². The van der Waals surface area contributed by atoms with Crippen LogP contribution < -0.4 is 10.6 Å². The van der Waals surface area contributed by atoms with Gasteiger partial charge in [0.1, 0.15) is 5.82 Å². The van der Waals surface area contributed by atoms with Crippen LogP contribution in [-0.4, -0.2) is 12.0 Å². The van der Waals surface area contributed by atoms with Crippen LogP contribution in [0.15, 0.2) is 41.0 Å². The fourth-order valence-electron chi connectivity index (χ4n) is 1.98. The molecule has 0 aliphatic rings. The van der Waals surface area contributed by atoms with E-state index in [9.17, 15) is 0 Å². The SMILES string of the molecule is Cc1ccccc1N(C)c1ncc(Br)cc1CN. The maximum absolute atomic E-state index is 5.79. The van der Waals surface area contributed by atoms with Crippen molar-refractivity contribution in [2.45, 2.75) is 13.5 Å². The molecule has 1 heterocycles. The summed E-state index contributed by atoms with van der Waals surface area (Å²) in [4.78, 5) is 6.54. The lowest BCUT2D eigenvalue weighted by atomic mass is 10.1. The third kappa shape index (κ3) is 2.54. The van der Waals surface area contributed by atoms with Gasteiger partial charge in [-0.1, -0.05) is 18.2 Å². The van der Waals surface area contributed by atoms with E-state index in [1.54, 1.807) is 6.20 Å². The second-order valence-electron chi connectivity index (χ2n) is 4.19. The monoisotopic (exact) mass is 305 g/mol. The Labute approximate surface area is 116 Å². The van der Waals surface area contributed by atoms with Crippen LogP contribution in [0.25, 0.3) is 0 Å². The van der Waals surface area contributed by atoms with Gasteiger partial charge in [0.05, 0.1) is 0 Å². The van der Waals surface area contributed by atoms with Crippen LogP contribution in [0.2, 0.25) is 0 Å².